The summed E-state index contributed by atoms with van der Waals surface area (Å²) in [6, 6.07) is 19.3. The molecule has 0 aliphatic heterocycles. The van der Waals surface area contributed by atoms with Gasteiger partial charge in [-0.1, -0.05) is 62.1 Å². The zero-order valence-electron chi connectivity index (χ0n) is 17.9. The number of carbonyl (C=O) groups excluding carboxylic acids is 1. The summed E-state index contributed by atoms with van der Waals surface area (Å²) in [6.45, 7) is 0.375. The summed E-state index contributed by atoms with van der Waals surface area (Å²) in [5.41, 5.74) is 2.03. The van der Waals surface area contributed by atoms with Crippen molar-refractivity contribution in [2.75, 3.05) is 7.05 Å². The lowest BCUT2D eigenvalue weighted by atomic mass is 9.82. The molecule has 0 radical (unpaired) electrons. The highest BCUT2D eigenvalue weighted by molar-refractivity contribution is 5.78. The molecule has 1 fully saturated rings. The Bertz CT molecular complexity index is 1030. The maximum Gasteiger partial charge on any atom is 0.341 e. The Labute approximate surface area is 182 Å². The number of ether oxygens (including phenoxy) is 1. The Kier molecular flexibility index (Phi) is 6.37. The van der Waals surface area contributed by atoms with Crippen molar-refractivity contribution in [3.63, 3.8) is 0 Å². The molecule has 1 aliphatic carbocycles. The molecular weight excluding hydrogens is 390 g/mol. The zero-order valence-corrected chi connectivity index (χ0v) is 17.9. The number of nitrogens with zero attached hydrogens (tertiary/aromatic N) is 2. The molecule has 2 N–H and O–H groups in total. The van der Waals surface area contributed by atoms with Crippen molar-refractivity contribution >= 4 is 16.9 Å². The van der Waals surface area contributed by atoms with E-state index in [1.165, 1.54) is 7.05 Å². The lowest BCUT2D eigenvalue weighted by molar-refractivity contribution is -0.137. The Morgan fingerprint density at radius 3 is 2.45 bits per heavy atom. The van der Waals surface area contributed by atoms with Crippen LogP contribution in [0.25, 0.3) is 10.9 Å². The third kappa shape index (κ3) is 4.49. The molecule has 0 bridgehead atoms. The number of fused-ring (bicyclic) bond motifs is 1. The van der Waals surface area contributed by atoms with Gasteiger partial charge in [0.05, 0.1) is 16.7 Å². The fourth-order valence-corrected chi connectivity index (χ4v) is 4.44. The van der Waals surface area contributed by atoms with Crippen molar-refractivity contribution < 1.29 is 14.7 Å². The van der Waals surface area contributed by atoms with Gasteiger partial charge in [0.25, 0.3) is 0 Å². The van der Waals surface area contributed by atoms with Crippen LogP contribution in [-0.4, -0.2) is 28.3 Å². The van der Waals surface area contributed by atoms with Crippen LogP contribution in [0.1, 0.15) is 49.8 Å². The normalized spacial score (nSPS) is 15.8. The molecule has 31 heavy (non-hydrogen) atoms. The Hall–Kier alpha value is -3.12. The third-order valence-corrected chi connectivity index (χ3v) is 6.18. The van der Waals surface area contributed by atoms with Crippen LogP contribution in [0.5, 0.6) is 5.75 Å². The average molecular weight is 420 g/mol. The molecule has 2 aromatic carbocycles. The minimum absolute atomic E-state index is 0.375. The van der Waals surface area contributed by atoms with E-state index in [-0.39, 0.29) is 0 Å². The summed E-state index contributed by atoms with van der Waals surface area (Å²) >= 11 is 0. The number of nitrogens with one attached hydrogen (secondary N) is 1. The van der Waals surface area contributed by atoms with Crippen molar-refractivity contribution in [1.82, 2.24) is 15.4 Å². The number of carbonyl (C=O) groups is 1. The van der Waals surface area contributed by atoms with E-state index in [9.17, 15) is 10.0 Å². The fraction of sp³-hybridized carbons (Fsp3) is 0.360. The molecule has 4 rings (SSSR count). The van der Waals surface area contributed by atoms with Gasteiger partial charge in [0, 0.05) is 12.4 Å². The van der Waals surface area contributed by atoms with Crippen LogP contribution < -0.4 is 10.1 Å². The lowest BCUT2D eigenvalue weighted by Gasteiger charge is -2.39. The molecule has 3 aromatic rings. The number of para-hydroxylation sites is 1. The summed E-state index contributed by atoms with van der Waals surface area (Å²) < 4.78 is 5.95. The number of rotatable bonds is 5. The number of hydrogen-bond acceptors (Lipinski definition) is 4. The number of benzene rings is 2. The van der Waals surface area contributed by atoms with Gasteiger partial charge in [-0.3, -0.25) is 5.21 Å². The number of aromatic nitrogens is 1. The summed E-state index contributed by atoms with van der Waals surface area (Å²) in [5, 5.41) is 15.3. The summed E-state index contributed by atoms with van der Waals surface area (Å²) in [5.74, 6) is 0.729. The van der Waals surface area contributed by atoms with Crippen molar-refractivity contribution in [2.45, 2.75) is 50.7 Å². The molecule has 2 amide bonds. The van der Waals surface area contributed by atoms with Crippen LogP contribution in [0.15, 0.2) is 60.7 Å². The maximum atomic E-state index is 12.3. The van der Waals surface area contributed by atoms with E-state index in [1.807, 2.05) is 54.6 Å². The average Bonchev–Trinajstić information content (AvgIpc) is 3.09. The second-order valence-corrected chi connectivity index (χ2v) is 8.12. The molecule has 162 valence electrons. The standard InChI is InChI=1S/C25H29N3O3/c1-26-24(29)28(30)25(16-6-2-3-7-17-25)20-11-14-22(15-12-20)31-18-21-13-10-19-8-4-5-9-23(19)27-21/h4-5,8-15,30H,2-3,6-7,16-18H2,1H3,(H,26,29). The maximum absolute atomic E-state index is 12.3. The number of hydroxylamine groups is 2. The smallest absolute Gasteiger partial charge is 0.341 e. The first kappa shape index (κ1) is 21.1. The molecule has 1 saturated carbocycles. The molecular formula is C25H29N3O3. The minimum atomic E-state index is -0.713. The van der Waals surface area contributed by atoms with Gasteiger partial charge in [-0.05, 0) is 42.7 Å². The van der Waals surface area contributed by atoms with Crippen molar-refractivity contribution in [2.24, 2.45) is 0 Å². The highest BCUT2D eigenvalue weighted by atomic mass is 16.5. The van der Waals surface area contributed by atoms with E-state index in [0.29, 0.717) is 6.61 Å². The molecule has 1 aromatic heterocycles. The van der Waals surface area contributed by atoms with Gasteiger partial charge < -0.3 is 10.1 Å². The van der Waals surface area contributed by atoms with E-state index in [4.69, 9.17) is 4.74 Å². The van der Waals surface area contributed by atoms with Crippen molar-refractivity contribution in [3.8, 4) is 5.75 Å². The van der Waals surface area contributed by atoms with E-state index < -0.39 is 11.6 Å². The first-order valence-corrected chi connectivity index (χ1v) is 10.9. The summed E-state index contributed by atoms with van der Waals surface area (Å²) in [6.07, 6.45) is 5.64. The molecule has 6 nitrogen and oxygen atoms in total. The zero-order chi connectivity index (χ0) is 21.7. The fourth-order valence-electron chi connectivity index (χ4n) is 4.44. The minimum Gasteiger partial charge on any atom is -0.487 e. The number of amides is 2. The van der Waals surface area contributed by atoms with E-state index in [0.717, 1.165) is 71.5 Å². The van der Waals surface area contributed by atoms with Crippen molar-refractivity contribution in [3.05, 3.63) is 71.9 Å². The summed E-state index contributed by atoms with van der Waals surface area (Å²) in [7, 11) is 1.54. The Morgan fingerprint density at radius 2 is 1.74 bits per heavy atom. The molecule has 0 spiro atoms. The van der Waals surface area contributed by atoms with Gasteiger partial charge in [-0.15, -0.1) is 0 Å². The van der Waals surface area contributed by atoms with Crippen LogP contribution in [0.4, 0.5) is 4.79 Å². The van der Waals surface area contributed by atoms with Gasteiger partial charge in [-0.2, -0.15) is 5.06 Å². The van der Waals surface area contributed by atoms with Crippen LogP contribution >= 0.6 is 0 Å². The SMILES string of the molecule is CNC(=O)N(O)C1(c2ccc(OCc3ccc4ccccc4n3)cc2)CCCCCC1. The van der Waals surface area contributed by atoms with Gasteiger partial charge in [0.2, 0.25) is 0 Å². The van der Waals surface area contributed by atoms with Crippen LogP contribution in [0.3, 0.4) is 0 Å². The monoisotopic (exact) mass is 419 g/mol. The molecule has 0 atom stereocenters. The highest BCUT2D eigenvalue weighted by Gasteiger charge is 2.41. The van der Waals surface area contributed by atoms with Gasteiger partial charge in [0.15, 0.2) is 0 Å². The second kappa shape index (κ2) is 9.35. The van der Waals surface area contributed by atoms with Crippen LogP contribution in [0, 0.1) is 0 Å². The topological polar surface area (TPSA) is 74.7 Å². The van der Waals surface area contributed by atoms with Crippen LogP contribution in [-0.2, 0) is 12.1 Å². The molecule has 0 unspecified atom stereocenters. The van der Waals surface area contributed by atoms with Gasteiger partial charge >= 0.3 is 6.03 Å². The summed E-state index contributed by atoms with van der Waals surface area (Å²) in [4.78, 5) is 16.9. The Balaban J connectivity index is 1.51. The van der Waals surface area contributed by atoms with Crippen LogP contribution in [0.2, 0.25) is 0 Å². The predicted molar refractivity (Wildman–Crippen MR) is 120 cm³/mol. The van der Waals surface area contributed by atoms with E-state index >= 15 is 0 Å². The highest BCUT2D eigenvalue weighted by Crippen LogP contribution is 2.41. The molecule has 1 heterocycles. The number of pyridine rings is 1. The third-order valence-electron chi connectivity index (χ3n) is 6.18. The quantitative estimate of drug-likeness (QED) is 0.330. The molecule has 1 aliphatic rings. The van der Waals surface area contributed by atoms with Crippen molar-refractivity contribution in [1.29, 1.82) is 0 Å². The predicted octanol–water partition coefficient (Wildman–Crippen LogP) is 5.39. The Morgan fingerprint density at radius 1 is 1.03 bits per heavy atom. The molecule has 6 heteroatoms. The first-order valence-electron chi connectivity index (χ1n) is 10.9. The van der Waals surface area contributed by atoms with Gasteiger partial charge in [-0.25, -0.2) is 9.78 Å². The number of hydrogen-bond donors (Lipinski definition) is 2. The van der Waals surface area contributed by atoms with Gasteiger partial charge in [0.1, 0.15) is 12.4 Å². The van der Waals surface area contributed by atoms with E-state index in [2.05, 4.69) is 16.4 Å². The first-order chi connectivity index (χ1) is 15.1. The van der Waals surface area contributed by atoms with E-state index in [1.54, 1.807) is 0 Å². The lowest BCUT2D eigenvalue weighted by Crippen LogP contribution is -2.50. The molecule has 0 saturated heterocycles. The second-order valence-electron chi connectivity index (χ2n) is 8.12. The number of urea groups is 1. The largest absolute Gasteiger partial charge is 0.487 e.